The van der Waals surface area contributed by atoms with Gasteiger partial charge in [-0.2, -0.15) is 0 Å². The maximum absolute atomic E-state index is 12.5. The minimum absolute atomic E-state index is 0.105. The number of aryl methyl sites for hydroxylation is 1. The Morgan fingerprint density at radius 1 is 1.42 bits per heavy atom. The van der Waals surface area contributed by atoms with E-state index >= 15 is 0 Å². The number of carbonyl (C=O) groups excluding carboxylic acids is 1. The Bertz CT molecular complexity index is 718. The van der Waals surface area contributed by atoms with Crippen LogP contribution in [0.4, 0.5) is 0 Å². The van der Waals surface area contributed by atoms with Crippen LogP contribution in [-0.4, -0.2) is 41.9 Å². The first kappa shape index (κ1) is 16.4. The van der Waals surface area contributed by atoms with Crippen LogP contribution in [0.15, 0.2) is 18.5 Å². The monoisotopic (exact) mass is 329 g/mol. The van der Waals surface area contributed by atoms with Crippen molar-refractivity contribution in [1.29, 1.82) is 0 Å². The van der Waals surface area contributed by atoms with Gasteiger partial charge in [0.2, 0.25) is 0 Å². The summed E-state index contributed by atoms with van der Waals surface area (Å²) >= 11 is 0. The number of rotatable bonds is 6. The van der Waals surface area contributed by atoms with Crippen molar-refractivity contribution < 1.29 is 4.79 Å². The highest BCUT2D eigenvalue weighted by atomic mass is 16.2. The molecule has 2 atom stereocenters. The van der Waals surface area contributed by atoms with Gasteiger partial charge in [0.05, 0.1) is 12.4 Å². The van der Waals surface area contributed by atoms with Crippen molar-refractivity contribution in [2.45, 2.75) is 52.2 Å². The number of amides is 1. The minimum Gasteiger partial charge on any atom is -0.348 e. The molecule has 0 saturated heterocycles. The number of hydrogen-bond donors (Lipinski definition) is 1. The maximum Gasteiger partial charge on any atom is 0.271 e. The molecule has 0 unspecified atom stereocenters. The van der Waals surface area contributed by atoms with Gasteiger partial charge in [-0.15, -0.1) is 10.2 Å². The van der Waals surface area contributed by atoms with E-state index in [1.165, 1.54) is 6.20 Å². The Balaban J connectivity index is 1.63. The summed E-state index contributed by atoms with van der Waals surface area (Å²) in [6.45, 7) is 5.29. The zero-order valence-electron chi connectivity index (χ0n) is 14.1. The third kappa shape index (κ3) is 3.52. The Morgan fingerprint density at radius 3 is 3.08 bits per heavy atom. The first-order chi connectivity index (χ1) is 11.7. The molecule has 1 saturated carbocycles. The van der Waals surface area contributed by atoms with E-state index in [0.717, 1.165) is 31.5 Å². The average molecular weight is 329 g/mol. The molecule has 1 fully saturated rings. The van der Waals surface area contributed by atoms with E-state index in [-0.39, 0.29) is 11.9 Å². The van der Waals surface area contributed by atoms with Gasteiger partial charge >= 0.3 is 0 Å². The topological polar surface area (TPSA) is 90.5 Å². The van der Waals surface area contributed by atoms with Crippen molar-refractivity contribution >= 4 is 12.0 Å². The minimum atomic E-state index is -0.105. The molecule has 0 bridgehead atoms. The van der Waals surface area contributed by atoms with Gasteiger partial charge in [0, 0.05) is 19.1 Å². The Kier molecular flexibility index (Phi) is 5.02. The van der Waals surface area contributed by atoms with E-state index in [4.69, 9.17) is 0 Å². The van der Waals surface area contributed by atoms with E-state index in [9.17, 15) is 4.79 Å². The van der Waals surface area contributed by atoms with Crippen molar-refractivity contribution in [2.75, 3.05) is 0 Å². The molecule has 1 N–H and O–H groups in total. The summed E-state index contributed by atoms with van der Waals surface area (Å²) in [6.07, 6.45) is 10.5. The number of nitrogens with zero attached hydrogens (tertiary/aromatic N) is 6. The lowest BCUT2D eigenvalue weighted by atomic mass is 10.0. The summed E-state index contributed by atoms with van der Waals surface area (Å²) in [5, 5.41) is 19.2. The molecule has 0 radical (unpaired) electrons. The summed E-state index contributed by atoms with van der Waals surface area (Å²) < 4.78 is 3.47. The average Bonchev–Trinajstić information content (AvgIpc) is 3.30. The van der Waals surface area contributed by atoms with Gasteiger partial charge in [-0.25, -0.2) is 4.68 Å². The summed E-state index contributed by atoms with van der Waals surface area (Å²) in [4.78, 5) is 12.5. The second kappa shape index (κ2) is 7.37. The molecule has 8 nitrogen and oxygen atoms in total. The van der Waals surface area contributed by atoms with Crippen LogP contribution in [0.25, 0.3) is 6.08 Å². The Hall–Kier alpha value is -2.51. The van der Waals surface area contributed by atoms with E-state index < -0.39 is 0 Å². The molecule has 1 aliphatic rings. The molecule has 128 valence electrons. The largest absolute Gasteiger partial charge is 0.348 e. The fourth-order valence-electron chi connectivity index (χ4n) is 3.24. The molecule has 2 heterocycles. The van der Waals surface area contributed by atoms with Crippen LogP contribution in [0.5, 0.6) is 0 Å². The van der Waals surface area contributed by atoms with E-state index in [0.29, 0.717) is 18.2 Å². The van der Waals surface area contributed by atoms with Gasteiger partial charge in [-0.05, 0) is 38.7 Å². The van der Waals surface area contributed by atoms with E-state index in [1.54, 1.807) is 4.68 Å². The van der Waals surface area contributed by atoms with Gasteiger partial charge in [0.15, 0.2) is 0 Å². The van der Waals surface area contributed by atoms with Gasteiger partial charge in [-0.3, -0.25) is 9.48 Å². The SMILES string of the molecule is C/C=C/c1cn(C[C@H]2CCC[C@H]2NC(=O)c2cnnn2CC)nn1. The van der Waals surface area contributed by atoms with Crippen molar-refractivity contribution in [3.05, 3.63) is 29.9 Å². The normalized spacial score (nSPS) is 20.8. The quantitative estimate of drug-likeness (QED) is 0.868. The third-order valence-corrected chi connectivity index (χ3v) is 4.44. The van der Waals surface area contributed by atoms with Crippen molar-refractivity contribution in [2.24, 2.45) is 5.92 Å². The lowest BCUT2D eigenvalue weighted by Gasteiger charge is -2.20. The van der Waals surface area contributed by atoms with Gasteiger partial charge in [0.1, 0.15) is 11.4 Å². The standard InChI is InChI=1S/C16H23N7O/c1-3-6-13-11-22(21-19-13)10-12-7-5-8-14(12)18-16(24)15-9-17-20-23(15)4-2/h3,6,9,11-12,14H,4-5,7-8,10H2,1-2H3,(H,18,24)/b6-3+/t12-,14-/m1/s1. The van der Waals surface area contributed by atoms with Gasteiger partial charge in [0.25, 0.3) is 5.91 Å². The van der Waals surface area contributed by atoms with E-state index in [2.05, 4.69) is 25.9 Å². The highest BCUT2D eigenvalue weighted by molar-refractivity contribution is 5.92. The molecule has 1 amide bonds. The van der Waals surface area contributed by atoms with Crippen molar-refractivity contribution in [3.63, 3.8) is 0 Å². The fraction of sp³-hybridized carbons (Fsp3) is 0.562. The lowest BCUT2D eigenvalue weighted by molar-refractivity contribution is 0.0914. The second-order valence-corrected chi connectivity index (χ2v) is 6.07. The molecule has 8 heteroatoms. The highest BCUT2D eigenvalue weighted by Gasteiger charge is 2.30. The smallest absolute Gasteiger partial charge is 0.271 e. The summed E-state index contributed by atoms with van der Waals surface area (Å²) in [5.41, 5.74) is 1.37. The zero-order chi connectivity index (χ0) is 16.9. The van der Waals surface area contributed by atoms with Crippen molar-refractivity contribution in [3.8, 4) is 0 Å². The Labute approximate surface area is 140 Å². The van der Waals surface area contributed by atoms with E-state index in [1.807, 2.05) is 36.9 Å². The van der Waals surface area contributed by atoms with Crippen molar-refractivity contribution in [1.82, 2.24) is 35.3 Å². The lowest BCUT2D eigenvalue weighted by Crippen LogP contribution is -2.39. The molecule has 3 rings (SSSR count). The number of aromatic nitrogens is 6. The highest BCUT2D eigenvalue weighted by Crippen LogP contribution is 2.27. The predicted octanol–water partition coefficient (Wildman–Crippen LogP) is 1.52. The first-order valence-corrected chi connectivity index (χ1v) is 8.43. The molecular formula is C16H23N7O. The maximum atomic E-state index is 12.5. The summed E-state index contributed by atoms with van der Waals surface area (Å²) in [6, 6.07) is 0.145. The predicted molar refractivity (Wildman–Crippen MR) is 89.0 cm³/mol. The van der Waals surface area contributed by atoms with Crippen LogP contribution in [0.2, 0.25) is 0 Å². The molecule has 0 aliphatic heterocycles. The Morgan fingerprint density at radius 2 is 2.29 bits per heavy atom. The first-order valence-electron chi connectivity index (χ1n) is 8.43. The van der Waals surface area contributed by atoms with Gasteiger partial charge in [-0.1, -0.05) is 22.9 Å². The number of hydrogen-bond acceptors (Lipinski definition) is 5. The number of carbonyl (C=O) groups is 1. The molecule has 0 spiro atoms. The van der Waals surface area contributed by atoms with Crippen LogP contribution >= 0.6 is 0 Å². The molecule has 2 aromatic rings. The molecular weight excluding hydrogens is 306 g/mol. The number of nitrogens with one attached hydrogen (secondary N) is 1. The van der Waals surface area contributed by atoms with Gasteiger partial charge < -0.3 is 5.32 Å². The molecule has 0 aromatic carbocycles. The second-order valence-electron chi connectivity index (χ2n) is 6.07. The molecule has 1 aliphatic carbocycles. The van der Waals surface area contributed by atoms with Crippen LogP contribution < -0.4 is 5.32 Å². The summed E-state index contributed by atoms with van der Waals surface area (Å²) in [5.74, 6) is 0.256. The zero-order valence-corrected chi connectivity index (χ0v) is 14.1. The van der Waals surface area contributed by atoms with Crippen LogP contribution in [0, 0.1) is 5.92 Å². The third-order valence-electron chi connectivity index (χ3n) is 4.44. The molecule has 24 heavy (non-hydrogen) atoms. The molecule has 2 aromatic heterocycles. The summed E-state index contributed by atoms with van der Waals surface area (Å²) in [7, 11) is 0. The van der Waals surface area contributed by atoms with Crippen LogP contribution in [0.1, 0.15) is 49.3 Å². The fourth-order valence-corrected chi connectivity index (χ4v) is 3.24. The van der Waals surface area contributed by atoms with Crippen LogP contribution in [-0.2, 0) is 13.1 Å². The van der Waals surface area contributed by atoms with Crippen LogP contribution in [0.3, 0.4) is 0 Å². The number of allylic oxidation sites excluding steroid dienone is 1.